The van der Waals surface area contributed by atoms with Gasteiger partial charge in [-0.2, -0.15) is 0 Å². The Morgan fingerprint density at radius 2 is 2.07 bits per heavy atom. The standard InChI is InChI=1S/C12H17NO/c1-9-4-2-3-5-10(9)11(14)8-12(13)6-7-12/h2-5,11,14H,6-8,13H2,1H3. The summed E-state index contributed by atoms with van der Waals surface area (Å²) < 4.78 is 0. The molecule has 1 atom stereocenters. The number of rotatable bonds is 3. The number of benzene rings is 1. The summed E-state index contributed by atoms with van der Waals surface area (Å²) in [6.45, 7) is 2.02. The molecule has 0 bridgehead atoms. The van der Waals surface area contributed by atoms with Crippen molar-refractivity contribution in [2.45, 2.75) is 37.8 Å². The minimum atomic E-state index is -0.399. The van der Waals surface area contributed by atoms with Gasteiger partial charge in [0.05, 0.1) is 6.10 Å². The van der Waals surface area contributed by atoms with E-state index < -0.39 is 6.10 Å². The number of aryl methyl sites for hydroxylation is 1. The molecule has 1 aromatic carbocycles. The van der Waals surface area contributed by atoms with Crippen molar-refractivity contribution in [1.29, 1.82) is 0 Å². The molecule has 1 aromatic rings. The van der Waals surface area contributed by atoms with Gasteiger partial charge in [-0.1, -0.05) is 24.3 Å². The molecule has 14 heavy (non-hydrogen) atoms. The topological polar surface area (TPSA) is 46.2 Å². The van der Waals surface area contributed by atoms with Crippen molar-refractivity contribution < 1.29 is 5.11 Å². The highest BCUT2D eigenvalue weighted by Gasteiger charge is 2.40. The first-order valence-electron chi connectivity index (χ1n) is 5.13. The molecular weight excluding hydrogens is 174 g/mol. The second kappa shape index (κ2) is 3.37. The Morgan fingerprint density at radius 3 is 2.64 bits per heavy atom. The second-order valence-corrected chi connectivity index (χ2v) is 4.44. The zero-order valence-corrected chi connectivity index (χ0v) is 8.53. The zero-order chi connectivity index (χ0) is 10.2. The molecule has 1 saturated carbocycles. The smallest absolute Gasteiger partial charge is 0.0810 e. The average Bonchev–Trinajstić information content (AvgIpc) is 2.84. The molecule has 1 unspecified atom stereocenters. The maximum atomic E-state index is 10.00. The third-order valence-electron chi connectivity index (χ3n) is 3.04. The maximum Gasteiger partial charge on any atom is 0.0810 e. The van der Waals surface area contributed by atoms with Crippen LogP contribution in [0.4, 0.5) is 0 Å². The minimum absolute atomic E-state index is 0.0816. The van der Waals surface area contributed by atoms with Gasteiger partial charge in [-0.05, 0) is 37.3 Å². The molecule has 1 fully saturated rings. The summed E-state index contributed by atoms with van der Waals surface area (Å²) in [4.78, 5) is 0. The lowest BCUT2D eigenvalue weighted by Gasteiger charge is -2.17. The van der Waals surface area contributed by atoms with Gasteiger partial charge in [0.25, 0.3) is 0 Å². The summed E-state index contributed by atoms with van der Waals surface area (Å²) in [6.07, 6.45) is 2.40. The summed E-state index contributed by atoms with van der Waals surface area (Å²) in [5, 5.41) is 10.00. The molecule has 2 nitrogen and oxygen atoms in total. The van der Waals surface area contributed by atoms with Gasteiger partial charge in [-0.3, -0.25) is 0 Å². The Kier molecular flexibility index (Phi) is 2.33. The predicted molar refractivity (Wildman–Crippen MR) is 56.9 cm³/mol. The summed E-state index contributed by atoms with van der Waals surface area (Å²) in [5.41, 5.74) is 8.05. The number of hydrogen-bond donors (Lipinski definition) is 2. The van der Waals surface area contributed by atoms with E-state index in [1.165, 1.54) is 0 Å². The average molecular weight is 191 g/mol. The van der Waals surface area contributed by atoms with E-state index >= 15 is 0 Å². The molecule has 76 valence electrons. The lowest BCUT2D eigenvalue weighted by Crippen LogP contribution is -2.24. The molecular formula is C12H17NO. The first kappa shape index (κ1) is 9.69. The lowest BCUT2D eigenvalue weighted by atomic mass is 9.97. The molecule has 0 aliphatic heterocycles. The van der Waals surface area contributed by atoms with Crippen LogP contribution in [0.2, 0.25) is 0 Å². The number of nitrogens with two attached hydrogens (primary N) is 1. The third kappa shape index (κ3) is 1.97. The van der Waals surface area contributed by atoms with Gasteiger partial charge in [0, 0.05) is 5.54 Å². The Labute approximate surface area is 84.7 Å². The molecule has 0 saturated heterocycles. The molecule has 0 amide bonds. The van der Waals surface area contributed by atoms with Crippen molar-refractivity contribution >= 4 is 0 Å². The molecule has 0 aromatic heterocycles. The van der Waals surface area contributed by atoms with Crippen molar-refractivity contribution in [2.75, 3.05) is 0 Å². The predicted octanol–water partition coefficient (Wildman–Crippen LogP) is 1.91. The van der Waals surface area contributed by atoms with Crippen LogP contribution in [0, 0.1) is 6.92 Å². The fraction of sp³-hybridized carbons (Fsp3) is 0.500. The summed E-state index contributed by atoms with van der Waals surface area (Å²) in [6, 6.07) is 7.95. The van der Waals surface area contributed by atoms with Gasteiger partial charge < -0.3 is 10.8 Å². The Balaban J connectivity index is 2.10. The minimum Gasteiger partial charge on any atom is -0.388 e. The first-order chi connectivity index (χ1) is 6.61. The highest BCUT2D eigenvalue weighted by atomic mass is 16.3. The van der Waals surface area contributed by atoms with Crippen LogP contribution in [0.5, 0.6) is 0 Å². The van der Waals surface area contributed by atoms with Crippen LogP contribution in [-0.2, 0) is 0 Å². The zero-order valence-electron chi connectivity index (χ0n) is 8.53. The normalized spacial score (nSPS) is 20.5. The van der Waals surface area contributed by atoms with Crippen LogP contribution in [0.25, 0.3) is 0 Å². The molecule has 2 rings (SSSR count). The van der Waals surface area contributed by atoms with Crippen LogP contribution in [0.3, 0.4) is 0 Å². The second-order valence-electron chi connectivity index (χ2n) is 4.44. The summed E-state index contributed by atoms with van der Waals surface area (Å²) in [7, 11) is 0. The SMILES string of the molecule is Cc1ccccc1C(O)CC1(N)CC1. The highest BCUT2D eigenvalue weighted by molar-refractivity contribution is 5.28. The van der Waals surface area contributed by atoms with Crippen LogP contribution >= 0.6 is 0 Å². The summed E-state index contributed by atoms with van der Waals surface area (Å²) in [5.74, 6) is 0. The largest absolute Gasteiger partial charge is 0.388 e. The van der Waals surface area contributed by atoms with E-state index in [4.69, 9.17) is 5.73 Å². The maximum absolute atomic E-state index is 10.00. The Morgan fingerprint density at radius 1 is 1.43 bits per heavy atom. The Hall–Kier alpha value is -0.860. The molecule has 1 aliphatic rings. The van der Waals surface area contributed by atoms with Crippen molar-refractivity contribution in [2.24, 2.45) is 5.73 Å². The lowest BCUT2D eigenvalue weighted by molar-refractivity contribution is 0.153. The van der Waals surface area contributed by atoms with Gasteiger partial charge in [-0.25, -0.2) is 0 Å². The number of aliphatic hydroxyl groups excluding tert-OH is 1. The molecule has 2 heteroatoms. The van der Waals surface area contributed by atoms with Crippen LogP contribution in [-0.4, -0.2) is 10.6 Å². The van der Waals surface area contributed by atoms with Gasteiger partial charge in [0.15, 0.2) is 0 Å². The van der Waals surface area contributed by atoms with Crippen LogP contribution in [0.15, 0.2) is 24.3 Å². The molecule has 1 aliphatic carbocycles. The fourth-order valence-electron chi connectivity index (χ4n) is 1.82. The van der Waals surface area contributed by atoms with E-state index in [0.29, 0.717) is 6.42 Å². The van der Waals surface area contributed by atoms with E-state index in [1.54, 1.807) is 0 Å². The quantitative estimate of drug-likeness (QED) is 0.766. The molecule has 0 spiro atoms. The fourth-order valence-corrected chi connectivity index (χ4v) is 1.82. The van der Waals surface area contributed by atoms with Crippen molar-refractivity contribution in [3.05, 3.63) is 35.4 Å². The summed E-state index contributed by atoms with van der Waals surface area (Å²) >= 11 is 0. The van der Waals surface area contributed by atoms with E-state index in [1.807, 2.05) is 31.2 Å². The van der Waals surface area contributed by atoms with E-state index in [9.17, 15) is 5.11 Å². The van der Waals surface area contributed by atoms with E-state index in [-0.39, 0.29) is 5.54 Å². The molecule has 3 N–H and O–H groups in total. The van der Waals surface area contributed by atoms with Gasteiger partial charge in [-0.15, -0.1) is 0 Å². The van der Waals surface area contributed by atoms with Gasteiger partial charge in [0.1, 0.15) is 0 Å². The van der Waals surface area contributed by atoms with Gasteiger partial charge in [0.2, 0.25) is 0 Å². The number of hydrogen-bond acceptors (Lipinski definition) is 2. The number of aliphatic hydroxyl groups is 1. The molecule has 0 radical (unpaired) electrons. The van der Waals surface area contributed by atoms with Crippen LogP contribution < -0.4 is 5.73 Å². The van der Waals surface area contributed by atoms with Crippen molar-refractivity contribution in [1.82, 2.24) is 0 Å². The van der Waals surface area contributed by atoms with Gasteiger partial charge >= 0.3 is 0 Å². The monoisotopic (exact) mass is 191 g/mol. The molecule has 0 heterocycles. The first-order valence-corrected chi connectivity index (χ1v) is 5.13. The van der Waals surface area contributed by atoms with E-state index in [2.05, 4.69) is 0 Å². The Bertz CT molecular complexity index is 331. The highest BCUT2D eigenvalue weighted by Crippen LogP contribution is 2.40. The third-order valence-corrected chi connectivity index (χ3v) is 3.04. The van der Waals surface area contributed by atoms with Crippen molar-refractivity contribution in [3.8, 4) is 0 Å². The van der Waals surface area contributed by atoms with E-state index in [0.717, 1.165) is 24.0 Å². The van der Waals surface area contributed by atoms with Crippen molar-refractivity contribution in [3.63, 3.8) is 0 Å². The van der Waals surface area contributed by atoms with Crippen LogP contribution in [0.1, 0.15) is 36.5 Å².